The molecular weight excluding hydrogens is 378 g/mol. The number of carbonyl (C=O) groups is 1. The Kier molecular flexibility index (Phi) is 4.70. The highest BCUT2D eigenvalue weighted by atomic mass is 32.2. The fraction of sp³-hybridized carbons (Fsp3) is 0.0800. The van der Waals surface area contributed by atoms with Crippen LogP contribution in [0.25, 0.3) is 17.0 Å². The highest BCUT2D eigenvalue weighted by molar-refractivity contribution is 8.04. The molecule has 0 bridgehead atoms. The summed E-state index contributed by atoms with van der Waals surface area (Å²) >= 11 is 1.55. The van der Waals surface area contributed by atoms with E-state index in [2.05, 4.69) is 22.9 Å². The predicted molar refractivity (Wildman–Crippen MR) is 118 cm³/mol. The molecule has 3 aromatic carbocycles. The van der Waals surface area contributed by atoms with Crippen LogP contribution in [0.1, 0.15) is 15.9 Å². The lowest BCUT2D eigenvalue weighted by molar-refractivity contribution is 0.104. The van der Waals surface area contributed by atoms with Gasteiger partial charge < -0.3 is 9.30 Å². The summed E-state index contributed by atoms with van der Waals surface area (Å²) in [5.41, 5.74) is 3.00. The summed E-state index contributed by atoms with van der Waals surface area (Å²) in [5.74, 6) is 0.979. The highest BCUT2D eigenvalue weighted by Gasteiger charge is 2.25. The van der Waals surface area contributed by atoms with Crippen molar-refractivity contribution in [1.82, 2.24) is 4.57 Å². The maximum absolute atomic E-state index is 12.8. The third kappa shape index (κ3) is 3.47. The summed E-state index contributed by atoms with van der Waals surface area (Å²) in [7, 11) is 0. The van der Waals surface area contributed by atoms with E-state index in [9.17, 15) is 4.79 Å². The molecule has 0 atom stereocenters. The molecule has 0 amide bonds. The lowest BCUT2D eigenvalue weighted by Gasteiger charge is -2.08. The number of thioether (sulfide) groups is 1. The molecule has 4 heteroatoms. The van der Waals surface area contributed by atoms with Gasteiger partial charge in [0.2, 0.25) is 5.78 Å². The van der Waals surface area contributed by atoms with Gasteiger partial charge in [-0.05, 0) is 36.4 Å². The maximum Gasteiger partial charge on any atom is 0.200 e. The number of ether oxygens (including phenoxy) is 1. The van der Waals surface area contributed by atoms with Gasteiger partial charge in [0.15, 0.2) is 0 Å². The zero-order chi connectivity index (χ0) is 19.6. The lowest BCUT2D eigenvalue weighted by Crippen LogP contribution is -2.07. The average Bonchev–Trinajstić information content (AvgIpc) is 3.27. The van der Waals surface area contributed by atoms with E-state index < -0.39 is 0 Å². The Morgan fingerprint density at radius 2 is 1.66 bits per heavy atom. The van der Waals surface area contributed by atoms with Crippen LogP contribution in [0.2, 0.25) is 0 Å². The largest absolute Gasteiger partial charge is 0.492 e. The summed E-state index contributed by atoms with van der Waals surface area (Å²) in [4.78, 5) is 14.6. The number of nitrogens with zero attached hydrogens (tertiary/aromatic N) is 1. The lowest BCUT2D eigenvalue weighted by atomic mass is 10.1. The molecule has 142 valence electrons. The second kappa shape index (κ2) is 7.64. The van der Waals surface area contributed by atoms with Gasteiger partial charge in [-0.1, -0.05) is 60.3 Å². The van der Waals surface area contributed by atoms with Gasteiger partial charge in [0.1, 0.15) is 12.4 Å². The van der Waals surface area contributed by atoms with Gasteiger partial charge in [-0.15, -0.1) is 0 Å². The number of rotatable bonds is 5. The van der Waals surface area contributed by atoms with E-state index in [1.165, 1.54) is 0 Å². The molecule has 1 aliphatic heterocycles. The van der Waals surface area contributed by atoms with Gasteiger partial charge in [-0.2, -0.15) is 0 Å². The van der Waals surface area contributed by atoms with Crippen LogP contribution >= 0.6 is 11.8 Å². The number of ketones is 1. The molecule has 0 saturated carbocycles. The van der Waals surface area contributed by atoms with Crippen molar-refractivity contribution in [3.8, 4) is 5.75 Å². The number of Topliss-reactive ketones (excluding diaryl/α,β-unsaturated/α-hetero) is 1. The Balaban J connectivity index is 1.43. The standard InChI is InChI=1S/C25H19NO2S/c27-25-21-11-5-7-13-23(21)29-24(25)16-18-17-26(22-12-6-4-10-20(18)22)14-15-28-19-8-2-1-3-9-19/h1-13,16-17H,14-15H2/b24-16+. The quantitative estimate of drug-likeness (QED) is 0.384. The Morgan fingerprint density at radius 1 is 0.897 bits per heavy atom. The summed E-state index contributed by atoms with van der Waals surface area (Å²) in [5, 5.41) is 1.14. The van der Waals surface area contributed by atoms with Crippen molar-refractivity contribution in [3.05, 3.63) is 101 Å². The van der Waals surface area contributed by atoms with Crippen molar-refractivity contribution < 1.29 is 9.53 Å². The van der Waals surface area contributed by atoms with E-state index in [1.54, 1.807) is 11.8 Å². The number of fused-ring (bicyclic) bond motifs is 2. The normalized spacial score (nSPS) is 14.5. The van der Waals surface area contributed by atoms with Crippen molar-refractivity contribution in [2.45, 2.75) is 11.4 Å². The highest BCUT2D eigenvalue weighted by Crippen LogP contribution is 2.41. The van der Waals surface area contributed by atoms with E-state index in [-0.39, 0.29) is 5.78 Å². The Morgan fingerprint density at radius 3 is 2.52 bits per heavy atom. The molecule has 1 aromatic heterocycles. The molecule has 0 radical (unpaired) electrons. The fourth-order valence-corrected chi connectivity index (χ4v) is 4.67. The van der Waals surface area contributed by atoms with E-state index in [0.717, 1.165) is 44.1 Å². The van der Waals surface area contributed by atoms with Gasteiger partial charge >= 0.3 is 0 Å². The Hall–Kier alpha value is -3.24. The first-order valence-electron chi connectivity index (χ1n) is 9.58. The van der Waals surface area contributed by atoms with E-state index in [4.69, 9.17) is 4.74 Å². The monoisotopic (exact) mass is 397 g/mol. The zero-order valence-electron chi connectivity index (χ0n) is 15.7. The van der Waals surface area contributed by atoms with Gasteiger partial charge in [0.25, 0.3) is 0 Å². The number of para-hydroxylation sites is 2. The second-order valence-corrected chi connectivity index (χ2v) is 7.98. The minimum absolute atomic E-state index is 0.106. The number of hydrogen-bond donors (Lipinski definition) is 0. The molecule has 0 fully saturated rings. The van der Waals surface area contributed by atoms with Crippen LogP contribution in [0.15, 0.2) is 94.9 Å². The van der Waals surface area contributed by atoms with E-state index in [0.29, 0.717) is 6.61 Å². The number of hydrogen-bond acceptors (Lipinski definition) is 3. The molecule has 5 rings (SSSR count). The molecule has 3 nitrogen and oxygen atoms in total. The Labute approximate surface area is 173 Å². The number of carbonyl (C=O) groups excluding carboxylic acids is 1. The van der Waals surface area contributed by atoms with E-state index >= 15 is 0 Å². The van der Waals surface area contributed by atoms with Crippen molar-refractivity contribution in [1.29, 1.82) is 0 Å². The predicted octanol–water partition coefficient (Wildman–Crippen LogP) is 6.05. The first-order valence-corrected chi connectivity index (χ1v) is 10.4. The Bertz CT molecular complexity index is 1220. The minimum Gasteiger partial charge on any atom is -0.492 e. The first-order chi connectivity index (χ1) is 14.3. The van der Waals surface area contributed by atoms with Crippen LogP contribution in [0, 0.1) is 0 Å². The van der Waals surface area contributed by atoms with Crippen LogP contribution in [-0.4, -0.2) is 17.0 Å². The molecule has 0 spiro atoms. The first kappa shape index (κ1) is 17.8. The molecule has 2 heterocycles. The SMILES string of the molecule is O=C1/C(=C\c2cn(CCOc3ccccc3)c3ccccc23)Sc2ccccc21. The number of aromatic nitrogens is 1. The van der Waals surface area contributed by atoms with Gasteiger partial charge in [0.05, 0.1) is 11.4 Å². The number of benzene rings is 3. The second-order valence-electron chi connectivity index (χ2n) is 6.89. The van der Waals surface area contributed by atoms with Crippen molar-refractivity contribution in [2.24, 2.45) is 0 Å². The van der Waals surface area contributed by atoms with Gasteiger partial charge in [0, 0.05) is 33.1 Å². The van der Waals surface area contributed by atoms with Crippen molar-refractivity contribution in [2.75, 3.05) is 6.61 Å². The molecule has 1 aliphatic rings. The van der Waals surface area contributed by atoms with Crippen LogP contribution in [0.4, 0.5) is 0 Å². The van der Waals surface area contributed by atoms with Crippen LogP contribution < -0.4 is 4.74 Å². The third-order valence-corrected chi connectivity index (χ3v) is 6.12. The zero-order valence-corrected chi connectivity index (χ0v) is 16.6. The topological polar surface area (TPSA) is 31.2 Å². The summed E-state index contributed by atoms with van der Waals surface area (Å²) in [6, 6.07) is 25.9. The summed E-state index contributed by atoms with van der Waals surface area (Å²) in [6.45, 7) is 1.32. The molecule has 0 saturated heterocycles. The van der Waals surface area contributed by atoms with Crippen LogP contribution in [0.5, 0.6) is 5.75 Å². The molecule has 0 aliphatic carbocycles. The smallest absolute Gasteiger partial charge is 0.200 e. The molecule has 0 unspecified atom stereocenters. The summed E-state index contributed by atoms with van der Waals surface area (Å²) < 4.78 is 8.06. The maximum atomic E-state index is 12.8. The molecule has 29 heavy (non-hydrogen) atoms. The fourth-order valence-electron chi connectivity index (χ4n) is 3.63. The third-order valence-electron chi connectivity index (χ3n) is 5.03. The van der Waals surface area contributed by atoms with Gasteiger partial charge in [-0.3, -0.25) is 4.79 Å². The molecular formula is C25H19NO2S. The minimum atomic E-state index is 0.106. The van der Waals surface area contributed by atoms with Crippen molar-refractivity contribution in [3.63, 3.8) is 0 Å². The number of allylic oxidation sites excluding steroid dienone is 1. The average molecular weight is 397 g/mol. The van der Waals surface area contributed by atoms with Gasteiger partial charge in [-0.25, -0.2) is 0 Å². The van der Waals surface area contributed by atoms with Crippen LogP contribution in [-0.2, 0) is 6.54 Å². The van der Waals surface area contributed by atoms with Crippen LogP contribution in [0.3, 0.4) is 0 Å². The molecule has 4 aromatic rings. The van der Waals surface area contributed by atoms with Crippen molar-refractivity contribution >= 4 is 34.5 Å². The molecule has 0 N–H and O–H groups in total. The summed E-state index contributed by atoms with van der Waals surface area (Å²) in [6.07, 6.45) is 4.13. The van der Waals surface area contributed by atoms with E-state index in [1.807, 2.05) is 72.8 Å².